The molecule has 0 saturated heterocycles. The van der Waals surface area contributed by atoms with Crippen LogP contribution in [0.2, 0.25) is 5.02 Å². The Morgan fingerprint density at radius 1 is 1.23 bits per heavy atom. The van der Waals surface area contributed by atoms with Crippen LogP contribution < -0.4 is 10.6 Å². The molecule has 4 nitrogen and oxygen atoms in total. The van der Waals surface area contributed by atoms with Crippen molar-refractivity contribution in [3.05, 3.63) is 64.7 Å². The van der Waals surface area contributed by atoms with Crippen LogP contribution in [0.3, 0.4) is 0 Å². The molecule has 0 spiro atoms. The first-order chi connectivity index (χ1) is 10.6. The summed E-state index contributed by atoms with van der Waals surface area (Å²) in [4.78, 5) is 11.9. The molecule has 5 heteroatoms. The van der Waals surface area contributed by atoms with Gasteiger partial charge in [-0.05, 0) is 43.3 Å². The number of nitrogens with two attached hydrogens (primary N) is 1. The first-order valence-corrected chi connectivity index (χ1v) is 7.35. The summed E-state index contributed by atoms with van der Waals surface area (Å²) < 4.78 is 0. The number of rotatable bonds is 5. The highest BCUT2D eigenvalue weighted by Gasteiger charge is 2.11. The molecule has 112 valence electrons. The van der Waals surface area contributed by atoms with E-state index in [1.807, 2.05) is 42.6 Å². The molecule has 3 N–H and O–H groups in total. The molecule has 2 aromatic carbocycles. The number of halogens is 1. The Morgan fingerprint density at radius 3 is 2.45 bits per heavy atom. The summed E-state index contributed by atoms with van der Waals surface area (Å²) in [6, 6.07) is 16.6. The summed E-state index contributed by atoms with van der Waals surface area (Å²) in [5.41, 5.74) is 2.38. The Labute approximate surface area is 134 Å². The maximum Gasteiger partial charge on any atom is 0.279 e. The lowest BCUT2D eigenvalue weighted by Gasteiger charge is -2.11. The van der Waals surface area contributed by atoms with Gasteiger partial charge < -0.3 is 10.6 Å². The van der Waals surface area contributed by atoms with E-state index < -0.39 is 0 Å². The zero-order valence-electron chi connectivity index (χ0n) is 12.2. The van der Waals surface area contributed by atoms with Crippen molar-refractivity contribution in [2.24, 2.45) is 0 Å². The summed E-state index contributed by atoms with van der Waals surface area (Å²) in [7, 11) is 0. The maximum atomic E-state index is 11.9. The zero-order chi connectivity index (χ0) is 15.9. The predicted octanol–water partition coefficient (Wildman–Crippen LogP) is 2.47. The first kappa shape index (κ1) is 16.0. The molecule has 0 saturated carbocycles. The predicted molar refractivity (Wildman–Crippen MR) is 86.4 cm³/mol. The molecular weight excluding hydrogens is 298 g/mol. The van der Waals surface area contributed by atoms with Crippen molar-refractivity contribution >= 4 is 23.2 Å². The summed E-state index contributed by atoms with van der Waals surface area (Å²) in [6.07, 6.45) is 0. The van der Waals surface area contributed by atoms with Crippen LogP contribution in [0.15, 0.2) is 48.5 Å². The van der Waals surface area contributed by atoms with Crippen molar-refractivity contribution in [1.82, 2.24) is 0 Å². The van der Waals surface area contributed by atoms with Crippen molar-refractivity contribution in [2.45, 2.75) is 13.0 Å². The van der Waals surface area contributed by atoms with Crippen LogP contribution in [0.5, 0.6) is 0 Å². The van der Waals surface area contributed by atoms with Gasteiger partial charge in [0.25, 0.3) is 5.91 Å². The lowest BCUT2D eigenvalue weighted by molar-refractivity contribution is -0.682. The van der Waals surface area contributed by atoms with Gasteiger partial charge in [-0.1, -0.05) is 23.7 Å². The molecule has 22 heavy (non-hydrogen) atoms. The van der Waals surface area contributed by atoms with E-state index in [0.717, 1.165) is 5.56 Å². The minimum absolute atomic E-state index is 0.0782. The van der Waals surface area contributed by atoms with Gasteiger partial charge in [-0.15, -0.1) is 0 Å². The number of nitrogens with one attached hydrogen (secondary N) is 1. The molecule has 2 rings (SSSR count). The average molecular weight is 315 g/mol. The summed E-state index contributed by atoms with van der Waals surface area (Å²) >= 11 is 5.86. The molecule has 2 aromatic rings. The summed E-state index contributed by atoms with van der Waals surface area (Å²) in [5, 5.41) is 14.2. The minimum Gasteiger partial charge on any atom is -0.333 e. The molecule has 0 aliphatic heterocycles. The quantitative estimate of drug-likeness (QED) is 0.890. The van der Waals surface area contributed by atoms with Gasteiger partial charge in [-0.25, -0.2) is 0 Å². The van der Waals surface area contributed by atoms with Gasteiger partial charge in [-0.2, -0.15) is 5.26 Å². The van der Waals surface area contributed by atoms with E-state index in [1.54, 1.807) is 24.3 Å². The van der Waals surface area contributed by atoms with Gasteiger partial charge in [0.15, 0.2) is 6.54 Å². The Balaban J connectivity index is 1.84. The molecule has 1 atom stereocenters. The number of benzene rings is 2. The second-order valence-electron chi connectivity index (χ2n) is 5.02. The molecular formula is C17H17ClN3O+. The second kappa shape index (κ2) is 7.60. The van der Waals surface area contributed by atoms with Crippen LogP contribution in [0.1, 0.15) is 24.1 Å². The molecule has 0 aliphatic rings. The number of anilines is 1. The highest BCUT2D eigenvalue weighted by molar-refractivity contribution is 6.30. The van der Waals surface area contributed by atoms with Crippen LogP contribution in [-0.4, -0.2) is 12.5 Å². The van der Waals surface area contributed by atoms with Crippen molar-refractivity contribution in [2.75, 3.05) is 11.9 Å². The standard InChI is InChI=1S/C17H16ClN3O/c1-12(14-4-6-15(18)7-5-14)20-11-17(22)21-16-8-2-13(10-19)3-9-16/h2-9,12,20H,11H2,1H3,(H,21,22)/p+1/t12-/m0/s1. The molecule has 0 unspecified atom stereocenters. The lowest BCUT2D eigenvalue weighted by Crippen LogP contribution is -2.86. The highest BCUT2D eigenvalue weighted by atomic mass is 35.5. The van der Waals surface area contributed by atoms with Gasteiger partial charge >= 0.3 is 0 Å². The normalized spacial score (nSPS) is 11.5. The number of hydrogen-bond acceptors (Lipinski definition) is 2. The Bertz CT molecular complexity index is 675. The second-order valence-corrected chi connectivity index (χ2v) is 5.45. The third-order valence-electron chi connectivity index (χ3n) is 3.35. The summed E-state index contributed by atoms with van der Waals surface area (Å²) in [5.74, 6) is -0.0782. The first-order valence-electron chi connectivity index (χ1n) is 6.97. The molecule has 0 aromatic heterocycles. The topological polar surface area (TPSA) is 69.5 Å². The minimum atomic E-state index is -0.0782. The fraction of sp³-hybridized carbons (Fsp3) is 0.176. The average Bonchev–Trinajstić information content (AvgIpc) is 2.54. The highest BCUT2D eigenvalue weighted by Crippen LogP contribution is 2.13. The third-order valence-corrected chi connectivity index (χ3v) is 3.60. The van der Waals surface area contributed by atoms with Crippen LogP contribution in [0, 0.1) is 11.3 Å². The van der Waals surface area contributed by atoms with Gasteiger partial charge in [0.2, 0.25) is 0 Å². The fourth-order valence-corrected chi connectivity index (χ4v) is 2.15. The number of quaternary nitrogens is 1. The lowest BCUT2D eigenvalue weighted by atomic mass is 10.1. The van der Waals surface area contributed by atoms with E-state index in [4.69, 9.17) is 16.9 Å². The number of nitrogens with zero attached hydrogens (tertiary/aromatic N) is 1. The van der Waals surface area contributed by atoms with E-state index in [-0.39, 0.29) is 11.9 Å². The van der Waals surface area contributed by atoms with E-state index in [0.29, 0.717) is 22.8 Å². The molecule has 0 fully saturated rings. The Hall–Kier alpha value is -2.35. The molecule has 0 aliphatic carbocycles. The van der Waals surface area contributed by atoms with Crippen LogP contribution >= 0.6 is 11.6 Å². The van der Waals surface area contributed by atoms with Crippen LogP contribution in [0.25, 0.3) is 0 Å². The van der Waals surface area contributed by atoms with E-state index >= 15 is 0 Å². The number of hydrogen-bond donors (Lipinski definition) is 2. The molecule has 1 amide bonds. The number of amides is 1. The van der Waals surface area contributed by atoms with Crippen LogP contribution in [-0.2, 0) is 4.79 Å². The number of nitriles is 1. The van der Waals surface area contributed by atoms with Crippen molar-refractivity contribution in [1.29, 1.82) is 5.26 Å². The molecule has 0 heterocycles. The van der Waals surface area contributed by atoms with E-state index in [9.17, 15) is 4.79 Å². The van der Waals surface area contributed by atoms with Crippen LogP contribution in [0.4, 0.5) is 5.69 Å². The number of carbonyl (C=O) groups excluding carboxylic acids is 1. The van der Waals surface area contributed by atoms with Gasteiger partial charge in [0, 0.05) is 16.3 Å². The third kappa shape index (κ3) is 4.59. The molecule has 0 bridgehead atoms. The van der Waals surface area contributed by atoms with E-state index in [1.165, 1.54) is 0 Å². The van der Waals surface area contributed by atoms with Gasteiger partial charge in [0.1, 0.15) is 6.04 Å². The SMILES string of the molecule is C[C@H]([NH2+]CC(=O)Nc1ccc(C#N)cc1)c1ccc(Cl)cc1. The fourth-order valence-electron chi connectivity index (χ4n) is 2.03. The largest absolute Gasteiger partial charge is 0.333 e. The molecule has 0 radical (unpaired) electrons. The van der Waals surface area contributed by atoms with Crippen molar-refractivity contribution in [3.63, 3.8) is 0 Å². The van der Waals surface area contributed by atoms with E-state index in [2.05, 4.69) is 5.32 Å². The zero-order valence-corrected chi connectivity index (χ0v) is 13.0. The van der Waals surface area contributed by atoms with Crippen molar-refractivity contribution in [3.8, 4) is 6.07 Å². The van der Waals surface area contributed by atoms with Gasteiger partial charge in [-0.3, -0.25) is 4.79 Å². The van der Waals surface area contributed by atoms with Crippen molar-refractivity contribution < 1.29 is 10.1 Å². The summed E-state index contributed by atoms with van der Waals surface area (Å²) in [6.45, 7) is 2.36. The number of carbonyl (C=O) groups is 1. The maximum absolute atomic E-state index is 11.9. The van der Waals surface area contributed by atoms with Gasteiger partial charge in [0.05, 0.1) is 11.6 Å². The smallest absolute Gasteiger partial charge is 0.279 e. The Kier molecular flexibility index (Phi) is 5.54. The Morgan fingerprint density at radius 2 is 1.86 bits per heavy atom. The monoisotopic (exact) mass is 314 g/mol.